The van der Waals surface area contributed by atoms with Crippen LogP contribution < -0.4 is 14.8 Å². The van der Waals surface area contributed by atoms with Crippen molar-refractivity contribution in [1.29, 1.82) is 0 Å². The van der Waals surface area contributed by atoms with Gasteiger partial charge in [-0.2, -0.15) is 5.10 Å². The highest BCUT2D eigenvalue weighted by molar-refractivity contribution is 7.90. The topological polar surface area (TPSA) is 112 Å². The molecule has 3 aromatic rings. The number of amides is 1. The molecule has 0 saturated carbocycles. The summed E-state index contributed by atoms with van der Waals surface area (Å²) in [5.74, 6) is 0.601. The first-order valence-corrected chi connectivity index (χ1v) is 11.1. The van der Waals surface area contributed by atoms with Crippen molar-refractivity contribution < 1.29 is 27.1 Å². The van der Waals surface area contributed by atoms with Crippen LogP contribution in [0.3, 0.4) is 0 Å². The van der Waals surface area contributed by atoms with Gasteiger partial charge in [-0.1, -0.05) is 0 Å². The van der Waals surface area contributed by atoms with Gasteiger partial charge in [0, 0.05) is 37.2 Å². The summed E-state index contributed by atoms with van der Waals surface area (Å²) in [6, 6.07) is 8.81. The van der Waals surface area contributed by atoms with Gasteiger partial charge in [0.05, 0.1) is 6.20 Å². The number of rotatable bonds is 8. The minimum atomic E-state index is -3.44. The molecule has 9 nitrogen and oxygen atoms in total. The molecular weight excluding hydrogens is 427 g/mol. The molecule has 1 N–H and O–H groups in total. The molecule has 3 rings (SSSR count). The van der Waals surface area contributed by atoms with Gasteiger partial charge in [0.25, 0.3) is 5.91 Å². The lowest BCUT2D eigenvalue weighted by atomic mass is 10.2. The molecule has 0 fully saturated rings. The fourth-order valence-corrected chi connectivity index (χ4v) is 3.11. The summed E-state index contributed by atoms with van der Waals surface area (Å²) < 4.78 is 48.8. The monoisotopic (exact) mass is 448 g/mol. The van der Waals surface area contributed by atoms with Crippen molar-refractivity contribution in [3.63, 3.8) is 0 Å². The number of sulfone groups is 1. The number of carbonyl (C=O) groups is 1. The molecule has 164 valence electrons. The van der Waals surface area contributed by atoms with Gasteiger partial charge < -0.3 is 14.8 Å². The number of benzene rings is 1. The second kappa shape index (κ2) is 9.13. The number of nitrogens with one attached hydrogen (secondary N) is 1. The Morgan fingerprint density at radius 2 is 1.94 bits per heavy atom. The van der Waals surface area contributed by atoms with E-state index in [-0.39, 0.29) is 27.8 Å². The molecule has 1 unspecified atom stereocenters. The van der Waals surface area contributed by atoms with Crippen molar-refractivity contribution in [2.75, 3.05) is 18.2 Å². The van der Waals surface area contributed by atoms with Gasteiger partial charge in [-0.3, -0.25) is 9.48 Å². The van der Waals surface area contributed by atoms with Crippen LogP contribution in [0.25, 0.3) is 0 Å². The smallest absolute Gasteiger partial charge is 0.257 e. The first-order valence-electron chi connectivity index (χ1n) is 9.17. The zero-order valence-electron chi connectivity index (χ0n) is 17.1. The highest BCUT2D eigenvalue weighted by Crippen LogP contribution is 2.29. The quantitative estimate of drug-likeness (QED) is 0.564. The minimum absolute atomic E-state index is 0.0934. The number of alkyl halides is 1. The summed E-state index contributed by atoms with van der Waals surface area (Å²) in [5.41, 5.74) is 0.199. The molecule has 0 radical (unpaired) electrons. The lowest BCUT2D eigenvalue weighted by molar-refractivity contribution is 0.102. The Balaban J connectivity index is 1.88. The molecule has 11 heteroatoms. The minimum Gasteiger partial charge on any atom is -0.488 e. The van der Waals surface area contributed by atoms with E-state index in [0.29, 0.717) is 5.82 Å². The molecule has 0 aliphatic heterocycles. The van der Waals surface area contributed by atoms with Crippen molar-refractivity contribution in [2.24, 2.45) is 7.05 Å². The van der Waals surface area contributed by atoms with Gasteiger partial charge in [-0.05, 0) is 31.2 Å². The average Bonchev–Trinajstić information content (AvgIpc) is 3.12. The van der Waals surface area contributed by atoms with Crippen molar-refractivity contribution in [2.45, 2.75) is 18.1 Å². The maximum Gasteiger partial charge on any atom is 0.257 e. The van der Waals surface area contributed by atoms with Crippen LogP contribution in [-0.4, -0.2) is 48.1 Å². The molecular formula is C20H21FN4O5S. The van der Waals surface area contributed by atoms with Crippen molar-refractivity contribution >= 4 is 21.6 Å². The van der Waals surface area contributed by atoms with E-state index in [9.17, 15) is 17.6 Å². The van der Waals surface area contributed by atoms with E-state index < -0.39 is 28.5 Å². The average molecular weight is 448 g/mol. The van der Waals surface area contributed by atoms with E-state index in [4.69, 9.17) is 9.47 Å². The van der Waals surface area contributed by atoms with Gasteiger partial charge in [0.15, 0.2) is 20.7 Å². The van der Waals surface area contributed by atoms with E-state index in [1.54, 1.807) is 30.9 Å². The maximum absolute atomic E-state index is 12.9. The number of nitrogens with zero attached hydrogens (tertiary/aromatic N) is 3. The van der Waals surface area contributed by atoms with Crippen LogP contribution in [0.15, 0.2) is 53.8 Å². The van der Waals surface area contributed by atoms with E-state index >= 15 is 0 Å². The lowest BCUT2D eigenvalue weighted by Gasteiger charge is -2.14. The molecule has 0 spiro atoms. The summed E-state index contributed by atoms with van der Waals surface area (Å²) in [6.07, 6.45) is 3.26. The number of ether oxygens (including phenoxy) is 2. The van der Waals surface area contributed by atoms with E-state index in [1.165, 1.54) is 36.5 Å². The highest BCUT2D eigenvalue weighted by atomic mass is 32.2. The molecule has 0 aliphatic carbocycles. The van der Waals surface area contributed by atoms with Crippen LogP contribution in [0.4, 0.5) is 10.2 Å². The Morgan fingerprint density at radius 3 is 2.52 bits per heavy atom. The highest BCUT2D eigenvalue weighted by Gasteiger charge is 2.15. The predicted octanol–water partition coefficient (Wildman–Crippen LogP) is 3.00. The van der Waals surface area contributed by atoms with E-state index in [1.807, 2.05) is 0 Å². The van der Waals surface area contributed by atoms with Crippen molar-refractivity contribution in [1.82, 2.24) is 14.8 Å². The van der Waals surface area contributed by atoms with Crippen LogP contribution in [0.2, 0.25) is 0 Å². The van der Waals surface area contributed by atoms with Crippen molar-refractivity contribution in [3.05, 3.63) is 54.4 Å². The molecule has 2 aromatic heterocycles. The molecule has 1 amide bonds. The number of anilines is 1. The lowest BCUT2D eigenvalue weighted by Crippen LogP contribution is -2.16. The molecule has 0 bridgehead atoms. The number of carbonyl (C=O) groups excluding carboxylic acids is 1. The Hall–Kier alpha value is -3.47. The number of hydrogen-bond donors (Lipinski definition) is 1. The first-order chi connectivity index (χ1) is 14.6. The third kappa shape index (κ3) is 6.01. The van der Waals surface area contributed by atoms with Gasteiger partial charge in [0.1, 0.15) is 30.0 Å². The predicted molar refractivity (Wildman–Crippen MR) is 111 cm³/mol. The Bertz CT molecular complexity index is 1180. The molecule has 1 atom stereocenters. The van der Waals surface area contributed by atoms with E-state index in [0.717, 1.165) is 6.26 Å². The first kappa shape index (κ1) is 22.2. The number of hydrogen-bond acceptors (Lipinski definition) is 7. The summed E-state index contributed by atoms with van der Waals surface area (Å²) >= 11 is 0. The van der Waals surface area contributed by atoms with Crippen molar-refractivity contribution in [3.8, 4) is 17.2 Å². The van der Waals surface area contributed by atoms with Gasteiger partial charge in [0.2, 0.25) is 0 Å². The van der Waals surface area contributed by atoms with Gasteiger partial charge in [-0.25, -0.2) is 17.8 Å². The summed E-state index contributed by atoms with van der Waals surface area (Å²) in [4.78, 5) is 16.5. The second-order valence-corrected chi connectivity index (χ2v) is 8.77. The van der Waals surface area contributed by atoms with Crippen LogP contribution in [0, 0.1) is 0 Å². The van der Waals surface area contributed by atoms with Crippen LogP contribution in [0.1, 0.15) is 17.3 Å². The fraction of sp³-hybridized carbons (Fsp3) is 0.250. The molecule has 2 heterocycles. The molecule has 0 saturated heterocycles. The normalized spacial score (nSPS) is 12.3. The Kier molecular flexibility index (Phi) is 6.54. The van der Waals surface area contributed by atoms with Gasteiger partial charge >= 0.3 is 0 Å². The summed E-state index contributed by atoms with van der Waals surface area (Å²) in [7, 11) is -1.72. The summed E-state index contributed by atoms with van der Waals surface area (Å²) in [6.45, 7) is 0.840. The molecule has 0 aliphatic rings. The second-order valence-electron chi connectivity index (χ2n) is 6.81. The summed E-state index contributed by atoms with van der Waals surface area (Å²) in [5, 5.41) is 6.65. The number of aromatic nitrogens is 3. The molecule has 31 heavy (non-hydrogen) atoms. The van der Waals surface area contributed by atoms with Crippen LogP contribution >= 0.6 is 0 Å². The Morgan fingerprint density at radius 1 is 1.19 bits per heavy atom. The zero-order valence-corrected chi connectivity index (χ0v) is 17.9. The van der Waals surface area contributed by atoms with Crippen LogP contribution in [0.5, 0.6) is 17.2 Å². The fourth-order valence-electron chi connectivity index (χ4n) is 2.55. The molecule has 1 aromatic carbocycles. The standard InChI is InChI=1S/C20H21FN4O5S/c1-13(11-21)29-16-8-14(20(26)23-18-6-7-25(2)24-18)9-17(10-16)30-15-4-5-19(22-12-15)31(3,27)28/h4-10,12-13H,11H2,1-3H3,(H,23,24,26). The van der Waals surface area contributed by atoms with E-state index in [2.05, 4.69) is 15.4 Å². The van der Waals surface area contributed by atoms with Gasteiger partial charge in [-0.15, -0.1) is 0 Å². The SMILES string of the molecule is CC(CF)Oc1cc(Oc2ccc(S(C)(=O)=O)nc2)cc(C(=O)Nc2ccn(C)n2)c1. The Labute approximate surface area is 178 Å². The number of halogens is 1. The third-order valence-electron chi connectivity index (χ3n) is 3.98. The number of pyridine rings is 1. The largest absolute Gasteiger partial charge is 0.488 e. The number of aryl methyl sites for hydroxylation is 1. The maximum atomic E-state index is 12.9. The zero-order chi connectivity index (χ0) is 22.6. The third-order valence-corrected chi connectivity index (χ3v) is 4.98. The van der Waals surface area contributed by atoms with Crippen LogP contribution in [-0.2, 0) is 16.9 Å².